The molecule has 6 nitrogen and oxygen atoms in total. The number of hydrogen-bond acceptors (Lipinski definition) is 9. The van der Waals surface area contributed by atoms with Gasteiger partial charge in [0.2, 0.25) is 0 Å². The smallest absolute Gasteiger partial charge is 0.143 e. The summed E-state index contributed by atoms with van der Waals surface area (Å²) in [6, 6.07) is 11.7. The maximum atomic E-state index is 9.78. The van der Waals surface area contributed by atoms with Crippen molar-refractivity contribution < 1.29 is 0 Å². The minimum atomic E-state index is 0.0853. The van der Waals surface area contributed by atoms with Gasteiger partial charge in [0.05, 0.1) is 22.5 Å². The third kappa shape index (κ3) is 4.02. The minimum Gasteiger partial charge on any atom is -0.383 e. The van der Waals surface area contributed by atoms with Gasteiger partial charge in [-0.15, -0.1) is 22.7 Å². The lowest BCUT2D eigenvalue weighted by molar-refractivity contribution is 1.10. The van der Waals surface area contributed by atoms with Crippen LogP contribution in [0.5, 0.6) is 0 Å². The minimum absolute atomic E-state index is 0.0853. The number of aromatic nitrogens is 3. The molecular formula is C20H11ClN6S3. The Balaban J connectivity index is 1.64. The van der Waals surface area contributed by atoms with E-state index < -0.39 is 0 Å². The molecule has 3 aromatic heterocycles. The van der Waals surface area contributed by atoms with E-state index >= 15 is 0 Å². The number of anilines is 1. The van der Waals surface area contributed by atoms with Gasteiger partial charge < -0.3 is 5.73 Å². The normalized spacial score (nSPS) is 10.5. The van der Waals surface area contributed by atoms with E-state index in [1.165, 1.54) is 34.4 Å². The molecule has 0 spiro atoms. The quantitative estimate of drug-likeness (QED) is 0.381. The first kappa shape index (κ1) is 20.3. The maximum Gasteiger partial charge on any atom is 0.143 e. The first-order valence-corrected chi connectivity index (χ1v) is 11.6. The zero-order valence-corrected chi connectivity index (χ0v) is 18.4. The highest BCUT2D eigenvalue weighted by Gasteiger charge is 2.22. The largest absolute Gasteiger partial charge is 0.383 e. The van der Waals surface area contributed by atoms with E-state index in [1.807, 2.05) is 35.7 Å². The summed E-state index contributed by atoms with van der Waals surface area (Å²) in [6.07, 6.45) is 0. The summed E-state index contributed by atoms with van der Waals surface area (Å²) in [5.74, 6) is 0.593. The molecule has 0 amide bonds. The number of nitrogens with two attached hydrogens (primary N) is 1. The van der Waals surface area contributed by atoms with Gasteiger partial charge in [0, 0.05) is 32.7 Å². The summed E-state index contributed by atoms with van der Waals surface area (Å²) < 4.78 is 0. The maximum absolute atomic E-state index is 9.78. The monoisotopic (exact) mass is 466 g/mol. The number of hydrogen-bond donors (Lipinski definition) is 1. The molecule has 3 heterocycles. The SMILES string of the molecule is N#Cc1c(N)nc(SCc2csc(-c3ccc(Cl)cc3)n2)c(C#N)c1-c1cscn1. The molecule has 30 heavy (non-hydrogen) atoms. The topological polar surface area (TPSA) is 112 Å². The highest BCUT2D eigenvalue weighted by Crippen LogP contribution is 2.36. The lowest BCUT2D eigenvalue weighted by atomic mass is 10.0. The van der Waals surface area contributed by atoms with Gasteiger partial charge in [-0.3, -0.25) is 0 Å². The Hall–Kier alpha value is -2.95. The summed E-state index contributed by atoms with van der Waals surface area (Å²) in [5.41, 5.74) is 11.0. The Kier molecular flexibility index (Phi) is 5.98. The van der Waals surface area contributed by atoms with Gasteiger partial charge in [0.1, 0.15) is 33.6 Å². The van der Waals surface area contributed by atoms with Crippen LogP contribution in [0.3, 0.4) is 0 Å². The summed E-state index contributed by atoms with van der Waals surface area (Å²) in [4.78, 5) is 13.2. The summed E-state index contributed by atoms with van der Waals surface area (Å²) >= 11 is 10.2. The molecule has 0 aliphatic rings. The molecule has 10 heteroatoms. The van der Waals surface area contributed by atoms with Crippen molar-refractivity contribution in [3.05, 3.63) is 62.4 Å². The third-order valence-electron chi connectivity index (χ3n) is 4.10. The number of thiazole rings is 2. The molecule has 0 radical (unpaired) electrons. The van der Waals surface area contributed by atoms with Crippen molar-refractivity contribution in [3.8, 4) is 34.0 Å². The summed E-state index contributed by atoms with van der Waals surface area (Å²) in [5, 5.41) is 25.1. The molecule has 0 fully saturated rings. The van der Waals surface area contributed by atoms with Crippen molar-refractivity contribution in [2.24, 2.45) is 0 Å². The molecule has 0 atom stereocenters. The molecule has 146 valence electrons. The van der Waals surface area contributed by atoms with Gasteiger partial charge in [-0.2, -0.15) is 10.5 Å². The molecule has 2 N–H and O–H groups in total. The fraction of sp³-hybridized carbons (Fsp3) is 0.0500. The van der Waals surface area contributed by atoms with Gasteiger partial charge in [-0.05, 0) is 12.1 Å². The van der Waals surface area contributed by atoms with E-state index in [1.54, 1.807) is 10.9 Å². The Morgan fingerprint density at radius 2 is 1.83 bits per heavy atom. The predicted molar refractivity (Wildman–Crippen MR) is 121 cm³/mol. The van der Waals surface area contributed by atoms with Crippen LogP contribution in [0.25, 0.3) is 21.8 Å². The standard InChI is InChI=1S/C20H11ClN6S3/c21-12-3-1-11(2-4-12)19-26-13(7-29-19)8-30-20-15(6-23)17(16-9-28-10-25-16)14(5-22)18(24)27-20/h1-4,7,9-10H,8H2,(H2,24,27). The number of thioether (sulfide) groups is 1. The van der Waals surface area contributed by atoms with Crippen LogP contribution in [0, 0.1) is 22.7 Å². The Morgan fingerprint density at radius 3 is 2.50 bits per heavy atom. The van der Waals surface area contributed by atoms with Crippen LogP contribution in [-0.2, 0) is 5.75 Å². The Labute approximate surface area is 189 Å². The molecule has 4 rings (SSSR count). The van der Waals surface area contributed by atoms with E-state index in [0.717, 1.165) is 16.3 Å². The summed E-state index contributed by atoms with van der Waals surface area (Å²) in [6.45, 7) is 0. The van der Waals surface area contributed by atoms with Crippen LogP contribution in [-0.4, -0.2) is 15.0 Å². The van der Waals surface area contributed by atoms with Gasteiger partial charge in [0.25, 0.3) is 0 Å². The van der Waals surface area contributed by atoms with E-state index in [9.17, 15) is 10.5 Å². The molecule has 1 aromatic carbocycles. The number of nitrogens with zero attached hydrogens (tertiary/aromatic N) is 5. The van der Waals surface area contributed by atoms with Gasteiger partial charge in [0.15, 0.2) is 0 Å². The van der Waals surface area contributed by atoms with Gasteiger partial charge in [-0.25, -0.2) is 15.0 Å². The molecule has 0 bridgehead atoms. The first-order chi connectivity index (χ1) is 14.6. The average Bonchev–Trinajstić information content (AvgIpc) is 3.44. The van der Waals surface area contributed by atoms with Crippen LogP contribution >= 0.6 is 46.0 Å². The predicted octanol–water partition coefficient (Wildman–Crippen LogP) is 5.60. The zero-order chi connectivity index (χ0) is 21.1. The van der Waals surface area contributed by atoms with Gasteiger partial charge in [-0.1, -0.05) is 35.5 Å². The zero-order valence-electron chi connectivity index (χ0n) is 15.2. The highest BCUT2D eigenvalue weighted by molar-refractivity contribution is 7.98. The van der Waals surface area contributed by atoms with Crippen LogP contribution < -0.4 is 5.73 Å². The average molecular weight is 467 g/mol. The number of rotatable bonds is 5. The molecule has 0 aliphatic heterocycles. The second-order valence-corrected chi connectivity index (χ2v) is 8.94. The van der Waals surface area contributed by atoms with Crippen molar-refractivity contribution in [2.75, 3.05) is 5.73 Å². The van der Waals surface area contributed by atoms with Gasteiger partial charge >= 0.3 is 0 Å². The fourth-order valence-electron chi connectivity index (χ4n) is 2.74. The molecule has 0 saturated carbocycles. The second-order valence-electron chi connectivity index (χ2n) is 5.96. The number of nitrogen functional groups attached to an aromatic ring is 1. The molecular weight excluding hydrogens is 456 g/mol. The number of nitriles is 2. The van der Waals surface area contributed by atoms with E-state index in [-0.39, 0.29) is 11.4 Å². The molecule has 4 aromatic rings. The van der Waals surface area contributed by atoms with E-state index in [4.69, 9.17) is 17.3 Å². The number of pyridine rings is 1. The van der Waals surface area contributed by atoms with Crippen LogP contribution in [0.1, 0.15) is 16.8 Å². The third-order valence-corrected chi connectivity index (χ3v) is 6.89. The lowest BCUT2D eigenvalue weighted by Gasteiger charge is -2.10. The molecule has 0 saturated heterocycles. The molecule has 0 unspecified atom stereocenters. The van der Waals surface area contributed by atoms with E-state index in [2.05, 4.69) is 21.0 Å². The van der Waals surface area contributed by atoms with Crippen molar-refractivity contribution in [2.45, 2.75) is 10.8 Å². The lowest BCUT2D eigenvalue weighted by Crippen LogP contribution is -2.03. The Morgan fingerprint density at radius 1 is 1.07 bits per heavy atom. The number of halogens is 1. The fourth-order valence-corrected chi connectivity index (χ4v) is 5.22. The Bertz CT molecular complexity index is 1280. The highest BCUT2D eigenvalue weighted by atomic mass is 35.5. The number of benzene rings is 1. The van der Waals surface area contributed by atoms with Crippen LogP contribution in [0.15, 0.2) is 45.6 Å². The molecule has 0 aliphatic carbocycles. The summed E-state index contributed by atoms with van der Waals surface area (Å²) in [7, 11) is 0. The van der Waals surface area contributed by atoms with E-state index in [0.29, 0.717) is 32.6 Å². The van der Waals surface area contributed by atoms with Crippen molar-refractivity contribution >= 4 is 51.9 Å². The van der Waals surface area contributed by atoms with Crippen LogP contribution in [0.2, 0.25) is 5.02 Å². The van der Waals surface area contributed by atoms with Crippen molar-refractivity contribution in [1.29, 1.82) is 10.5 Å². The second kappa shape index (κ2) is 8.82. The first-order valence-electron chi connectivity index (χ1n) is 8.46. The van der Waals surface area contributed by atoms with Crippen LogP contribution in [0.4, 0.5) is 5.82 Å². The van der Waals surface area contributed by atoms with Crippen molar-refractivity contribution in [1.82, 2.24) is 15.0 Å². The van der Waals surface area contributed by atoms with Crippen molar-refractivity contribution in [3.63, 3.8) is 0 Å².